The summed E-state index contributed by atoms with van der Waals surface area (Å²) < 4.78 is 5.65. The number of hydrogen-bond donors (Lipinski definition) is 2. The molecule has 0 amide bonds. The van der Waals surface area contributed by atoms with E-state index < -0.39 is 0 Å². The zero-order chi connectivity index (χ0) is 13.5. The second-order valence-electron chi connectivity index (χ2n) is 5.15. The number of hydrazine groups is 1. The van der Waals surface area contributed by atoms with E-state index in [9.17, 15) is 0 Å². The van der Waals surface area contributed by atoms with Crippen molar-refractivity contribution >= 4 is 11.8 Å². The van der Waals surface area contributed by atoms with Crippen LogP contribution >= 0.6 is 11.8 Å². The summed E-state index contributed by atoms with van der Waals surface area (Å²) in [5.74, 6) is 6.66. The largest absolute Gasteiger partial charge is 0.378 e. The number of thioether (sulfide) groups is 1. The third-order valence-corrected chi connectivity index (χ3v) is 4.97. The Labute approximate surface area is 120 Å². The van der Waals surface area contributed by atoms with Crippen LogP contribution in [0.25, 0.3) is 0 Å². The fourth-order valence-corrected chi connectivity index (χ4v) is 3.50. The topological polar surface area (TPSA) is 47.3 Å². The standard InChI is InChI=1S/C15H24N2OS/c1-12-5-2-3-7-15(12)19-11-13(17-16)8-9-14-6-4-10-18-14/h2-3,5,7,13-14,17H,4,6,8-11,16H2,1H3. The summed E-state index contributed by atoms with van der Waals surface area (Å²) in [4.78, 5) is 1.35. The van der Waals surface area contributed by atoms with Crippen LogP contribution in [-0.2, 0) is 4.74 Å². The molecule has 0 saturated carbocycles. The molecule has 1 aliphatic heterocycles. The predicted molar refractivity (Wildman–Crippen MR) is 81.2 cm³/mol. The highest BCUT2D eigenvalue weighted by molar-refractivity contribution is 7.99. The van der Waals surface area contributed by atoms with E-state index in [0.717, 1.165) is 25.2 Å². The highest BCUT2D eigenvalue weighted by atomic mass is 32.2. The number of benzene rings is 1. The summed E-state index contributed by atoms with van der Waals surface area (Å²) in [6.45, 7) is 3.09. The van der Waals surface area contributed by atoms with E-state index in [1.807, 2.05) is 11.8 Å². The average Bonchev–Trinajstić information content (AvgIpc) is 2.94. The molecule has 1 saturated heterocycles. The van der Waals surface area contributed by atoms with Crippen molar-refractivity contribution in [2.45, 2.75) is 49.6 Å². The average molecular weight is 280 g/mol. The molecule has 0 spiro atoms. The van der Waals surface area contributed by atoms with Crippen molar-refractivity contribution in [3.05, 3.63) is 29.8 Å². The Hall–Kier alpha value is -0.550. The molecule has 0 radical (unpaired) electrons. The van der Waals surface area contributed by atoms with Gasteiger partial charge in [-0.2, -0.15) is 0 Å². The van der Waals surface area contributed by atoms with Crippen molar-refractivity contribution in [3.8, 4) is 0 Å². The molecule has 1 heterocycles. The first-order chi connectivity index (χ1) is 9.29. The van der Waals surface area contributed by atoms with Crippen LogP contribution in [0, 0.1) is 6.92 Å². The molecular weight excluding hydrogens is 256 g/mol. The summed E-state index contributed by atoms with van der Waals surface area (Å²) in [7, 11) is 0. The SMILES string of the molecule is Cc1ccccc1SCC(CCC1CCCO1)NN. The number of nitrogens with two attached hydrogens (primary N) is 1. The van der Waals surface area contributed by atoms with E-state index in [1.54, 1.807) is 0 Å². The molecule has 2 rings (SSSR count). The second-order valence-corrected chi connectivity index (χ2v) is 6.21. The van der Waals surface area contributed by atoms with E-state index in [-0.39, 0.29) is 0 Å². The molecule has 0 bridgehead atoms. The predicted octanol–water partition coefficient (Wildman–Crippen LogP) is 2.88. The Kier molecular flexibility index (Phi) is 6.17. The Morgan fingerprint density at radius 2 is 2.32 bits per heavy atom. The van der Waals surface area contributed by atoms with Crippen LogP contribution in [0.5, 0.6) is 0 Å². The van der Waals surface area contributed by atoms with Gasteiger partial charge in [0.25, 0.3) is 0 Å². The van der Waals surface area contributed by atoms with Crippen molar-refractivity contribution in [2.75, 3.05) is 12.4 Å². The van der Waals surface area contributed by atoms with Gasteiger partial charge < -0.3 is 4.74 Å². The lowest BCUT2D eigenvalue weighted by Crippen LogP contribution is -2.37. The van der Waals surface area contributed by atoms with Gasteiger partial charge in [-0.25, -0.2) is 0 Å². The van der Waals surface area contributed by atoms with Crippen LogP contribution in [-0.4, -0.2) is 24.5 Å². The van der Waals surface area contributed by atoms with Gasteiger partial charge in [-0.05, 0) is 44.2 Å². The van der Waals surface area contributed by atoms with Crippen LogP contribution in [0.1, 0.15) is 31.2 Å². The zero-order valence-corrected chi connectivity index (χ0v) is 12.4. The summed E-state index contributed by atoms with van der Waals surface area (Å²) in [5.41, 5.74) is 4.27. The van der Waals surface area contributed by atoms with Crippen LogP contribution in [0.2, 0.25) is 0 Å². The second kappa shape index (κ2) is 7.90. The van der Waals surface area contributed by atoms with Crippen LogP contribution in [0.15, 0.2) is 29.2 Å². The first-order valence-electron chi connectivity index (χ1n) is 7.05. The zero-order valence-electron chi connectivity index (χ0n) is 11.6. The Morgan fingerprint density at radius 1 is 1.47 bits per heavy atom. The minimum absolute atomic E-state index is 0.355. The highest BCUT2D eigenvalue weighted by Crippen LogP contribution is 2.24. The Bertz CT molecular complexity index is 380. The van der Waals surface area contributed by atoms with E-state index in [0.29, 0.717) is 12.1 Å². The van der Waals surface area contributed by atoms with Gasteiger partial charge in [-0.3, -0.25) is 11.3 Å². The molecule has 4 heteroatoms. The molecule has 3 N–H and O–H groups in total. The maximum atomic E-state index is 5.66. The lowest BCUT2D eigenvalue weighted by molar-refractivity contribution is 0.100. The number of ether oxygens (including phenoxy) is 1. The molecule has 3 nitrogen and oxygen atoms in total. The normalized spacial score (nSPS) is 20.6. The van der Waals surface area contributed by atoms with E-state index in [1.165, 1.54) is 23.3 Å². The highest BCUT2D eigenvalue weighted by Gasteiger charge is 2.17. The summed E-state index contributed by atoms with van der Waals surface area (Å²) in [5, 5.41) is 0. The monoisotopic (exact) mass is 280 g/mol. The molecule has 1 aliphatic rings. The van der Waals surface area contributed by atoms with Gasteiger partial charge in [0, 0.05) is 23.3 Å². The minimum Gasteiger partial charge on any atom is -0.378 e. The number of nitrogens with one attached hydrogen (secondary N) is 1. The van der Waals surface area contributed by atoms with Crippen molar-refractivity contribution in [2.24, 2.45) is 5.84 Å². The summed E-state index contributed by atoms with van der Waals surface area (Å²) >= 11 is 1.88. The Morgan fingerprint density at radius 3 is 3.00 bits per heavy atom. The quantitative estimate of drug-likeness (QED) is 0.458. The van der Waals surface area contributed by atoms with Crippen molar-refractivity contribution in [3.63, 3.8) is 0 Å². The first kappa shape index (κ1) is 14.9. The van der Waals surface area contributed by atoms with Gasteiger partial charge >= 0.3 is 0 Å². The van der Waals surface area contributed by atoms with Crippen LogP contribution in [0.4, 0.5) is 0 Å². The van der Waals surface area contributed by atoms with Gasteiger partial charge in [-0.15, -0.1) is 11.8 Å². The van der Waals surface area contributed by atoms with E-state index >= 15 is 0 Å². The lowest BCUT2D eigenvalue weighted by Gasteiger charge is -2.18. The Balaban J connectivity index is 1.74. The molecular formula is C15H24N2OS. The molecule has 0 aliphatic carbocycles. The molecule has 0 aromatic heterocycles. The lowest BCUT2D eigenvalue weighted by atomic mass is 10.1. The summed E-state index contributed by atoms with van der Waals surface area (Å²) in [6, 6.07) is 8.85. The molecule has 2 atom stereocenters. The molecule has 106 valence electrons. The van der Waals surface area contributed by atoms with Gasteiger partial charge in [-0.1, -0.05) is 18.2 Å². The van der Waals surface area contributed by atoms with E-state index in [4.69, 9.17) is 10.6 Å². The number of hydrogen-bond acceptors (Lipinski definition) is 4. The fraction of sp³-hybridized carbons (Fsp3) is 0.600. The van der Waals surface area contributed by atoms with Crippen LogP contribution in [0.3, 0.4) is 0 Å². The van der Waals surface area contributed by atoms with Gasteiger partial charge in [0.1, 0.15) is 0 Å². The van der Waals surface area contributed by atoms with Crippen LogP contribution < -0.4 is 11.3 Å². The maximum absolute atomic E-state index is 5.66. The number of rotatable bonds is 7. The van der Waals surface area contributed by atoms with Gasteiger partial charge in [0.05, 0.1) is 6.10 Å². The summed E-state index contributed by atoms with van der Waals surface area (Å²) in [6.07, 6.45) is 5.08. The molecule has 1 aromatic carbocycles. The molecule has 1 fully saturated rings. The van der Waals surface area contributed by atoms with Gasteiger partial charge in [0.2, 0.25) is 0 Å². The number of aryl methyl sites for hydroxylation is 1. The minimum atomic E-state index is 0.355. The molecule has 2 unspecified atom stereocenters. The van der Waals surface area contributed by atoms with E-state index in [2.05, 4.69) is 36.6 Å². The molecule has 19 heavy (non-hydrogen) atoms. The fourth-order valence-electron chi connectivity index (χ4n) is 2.38. The van der Waals surface area contributed by atoms with Crippen molar-refractivity contribution in [1.29, 1.82) is 0 Å². The van der Waals surface area contributed by atoms with Crippen molar-refractivity contribution < 1.29 is 4.74 Å². The van der Waals surface area contributed by atoms with Gasteiger partial charge in [0.15, 0.2) is 0 Å². The van der Waals surface area contributed by atoms with Crippen molar-refractivity contribution in [1.82, 2.24) is 5.43 Å². The maximum Gasteiger partial charge on any atom is 0.0576 e. The first-order valence-corrected chi connectivity index (χ1v) is 8.04. The molecule has 1 aromatic rings. The third-order valence-electron chi connectivity index (χ3n) is 3.63. The third kappa shape index (κ3) is 4.80. The smallest absolute Gasteiger partial charge is 0.0576 e.